The first-order chi connectivity index (χ1) is 13.8. The summed E-state index contributed by atoms with van der Waals surface area (Å²) in [6, 6.07) is 12.3. The topological polar surface area (TPSA) is 93.7 Å². The number of ether oxygens (including phenoxy) is 2. The minimum Gasteiger partial charge on any atom is -0.497 e. The van der Waals surface area contributed by atoms with Gasteiger partial charge in [-0.1, -0.05) is 37.6 Å². The molecule has 8 heteroatoms. The lowest BCUT2D eigenvalue weighted by molar-refractivity contribution is -0.150. The van der Waals surface area contributed by atoms with Crippen molar-refractivity contribution in [3.63, 3.8) is 0 Å². The number of amides is 2. The lowest BCUT2D eigenvalue weighted by atomic mass is 10.0. The highest BCUT2D eigenvalue weighted by molar-refractivity contribution is 6.33. The predicted molar refractivity (Wildman–Crippen MR) is 110 cm³/mol. The Bertz CT molecular complexity index is 868. The molecule has 0 spiro atoms. The third-order valence-corrected chi connectivity index (χ3v) is 4.38. The molecular formula is C21H23ClN2O5. The largest absolute Gasteiger partial charge is 0.497 e. The first-order valence-electron chi connectivity index (χ1n) is 8.97. The first kappa shape index (κ1) is 22.2. The number of halogens is 1. The molecule has 29 heavy (non-hydrogen) atoms. The van der Waals surface area contributed by atoms with Gasteiger partial charge in [0.1, 0.15) is 11.8 Å². The van der Waals surface area contributed by atoms with Crippen molar-refractivity contribution in [3.8, 4) is 5.75 Å². The number of nitrogens with one attached hydrogen (secondary N) is 2. The van der Waals surface area contributed by atoms with Gasteiger partial charge in [0.05, 0.1) is 17.8 Å². The highest BCUT2D eigenvalue weighted by Gasteiger charge is 2.27. The number of hydrogen-bond donors (Lipinski definition) is 2. The Hall–Kier alpha value is -3.06. The lowest BCUT2D eigenvalue weighted by Gasteiger charge is -2.21. The van der Waals surface area contributed by atoms with Crippen molar-refractivity contribution in [3.05, 3.63) is 59.1 Å². The molecule has 2 aromatic rings. The van der Waals surface area contributed by atoms with Crippen LogP contribution in [0.5, 0.6) is 5.75 Å². The zero-order valence-electron chi connectivity index (χ0n) is 16.4. The third kappa shape index (κ3) is 6.50. The normalized spacial score (nSPS) is 11.5. The summed E-state index contributed by atoms with van der Waals surface area (Å²) >= 11 is 5.98. The quantitative estimate of drug-likeness (QED) is 0.641. The monoisotopic (exact) mass is 418 g/mol. The summed E-state index contributed by atoms with van der Waals surface area (Å²) in [7, 11) is 1.53. The van der Waals surface area contributed by atoms with Crippen LogP contribution in [0.15, 0.2) is 48.5 Å². The summed E-state index contributed by atoms with van der Waals surface area (Å²) in [5.41, 5.74) is 0.796. The highest BCUT2D eigenvalue weighted by atomic mass is 35.5. The lowest BCUT2D eigenvalue weighted by Crippen LogP contribution is -2.45. The van der Waals surface area contributed by atoms with E-state index in [-0.39, 0.29) is 5.92 Å². The number of esters is 1. The molecule has 2 amide bonds. The molecule has 2 rings (SSSR count). The Morgan fingerprint density at radius 2 is 1.69 bits per heavy atom. The summed E-state index contributed by atoms with van der Waals surface area (Å²) in [4.78, 5) is 36.9. The van der Waals surface area contributed by atoms with E-state index in [1.54, 1.807) is 62.4 Å². The SMILES string of the molecule is COc1ccc(C(=O)N[C@H](C(=O)OCC(=O)Nc2ccccc2Cl)C(C)C)cc1. The van der Waals surface area contributed by atoms with Gasteiger partial charge in [0.25, 0.3) is 11.8 Å². The second-order valence-electron chi connectivity index (χ2n) is 6.56. The smallest absolute Gasteiger partial charge is 0.329 e. The van der Waals surface area contributed by atoms with Crippen molar-refractivity contribution in [2.24, 2.45) is 5.92 Å². The van der Waals surface area contributed by atoms with Crippen LogP contribution in [0.3, 0.4) is 0 Å². The molecular weight excluding hydrogens is 396 g/mol. The van der Waals surface area contributed by atoms with Crippen LogP contribution in [0.25, 0.3) is 0 Å². The second-order valence-corrected chi connectivity index (χ2v) is 6.97. The molecule has 7 nitrogen and oxygen atoms in total. The van der Waals surface area contributed by atoms with Gasteiger partial charge < -0.3 is 20.1 Å². The molecule has 0 saturated carbocycles. The molecule has 0 aliphatic carbocycles. The van der Waals surface area contributed by atoms with Crippen molar-refractivity contribution in [2.75, 3.05) is 19.0 Å². The Labute approximate surface area is 174 Å². The fourth-order valence-corrected chi connectivity index (χ4v) is 2.62. The van der Waals surface area contributed by atoms with Crippen LogP contribution in [0.2, 0.25) is 5.02 Å². The number of benzene rings is 2. The van der Waals surface area contributed by atoms with Crippen LogP contribution in [0, 0.1) is 5.92 Å². The summed E-state index contributed by atoms with van der Waals surface area (Å²) in [6.07, 6.45) is 0. The molecule has 0 heterocycles. The van der Waals surface area contributed by atoms with Crippen molar-refractivity contribution in [1.29, 1.82) is 0 Å². The minimum atomic E-state index is -0.905. The Morgan fingerprint density at radius 1 is 1.03 bits per heavy atom. The zero-order chi connectivity index (χ0) is 21.4. The fourth-order valence-electron chi connectivity index (χ4n) is 2.44. The van der Waals surface area contributed by atoms with E-state index in [0.717, 1.165) is 0 Å². The molecule has 0 aliphatic rings. The molecule has 0 aromatic heterocycles. The number of methoxy groups -OCH3 is 1. The van der Waals surface area contributed by atoms with Gasteiger partial charge in [-0.05, 0) is 42.3 Å². The summed E-state index contributed by atoms with van der Waals surface area (Å²) in [6.45, 7) is 3.04. The standard InChI is InChI=1S/C21H23ClN2O5/c1-13(2)19(24-20(26)14-8-10-15(28-3)11-9-14)21(27)29-12-18(25)23-17-7-5-4-6-16(17)22/h4-11,13,19H,12H2,1-3H3,(H,23,25)(H,24,26)/t19-/m0/s1. The van der Waals surface area contributed by atoms with Crippen LogP contribution < -0.4 is 15.4 Å². The number of hydrogen-bond acceptors (Lipinski definition) is 5. The second kappa shape index (κ2) is 10.5. The Balaban J connectivity index is 1.93. The molecule has 0 fully saturated rings. The van der Waals surface area contributed by atoms with Gasteiger partial charge in [0.2, 0.25) is 0 Å². The molecule has 0 radical (unpaired) electrons. The molecule has 2 aromatic carbocycles. The van der Waals surface area contributed by atoms with Crippen molar-refractivity contribution in [1.82, 2.24) is 5.32 Å². The maximum atomic E-state index is 12.4. The minimum absolute atomic E-state index is 0.240. The van der Waals surface area contributed by atoms with Gasteiger partial charge in [0.15, 0.2) is 6.61 Å². The number of anilines is 1. The summed E-state index contributed by atoms with van der Waals surface area (Å²) in [5, 5.41) is 5.58. The number of carbonyl (C=O) groups excluding carboxylic acids is 3. The molecule has 1 atom stereocenters. The number of carbonyl (C=O) groups is 3. The van der Waals surface area contributed by atoms with E-state index in [1.165, 1.54) is 7.11 Å². The molecule has 2 N–H and O–H groups in total. The predicted octanol–water partition coefficient (Wildman–Crippen LogP) is 3.28. The third-order valence-electron chi connectivity index (χ3n) is 4.05. The van der Waals surface area contributed by atoms with Gasteiger partial charge in [-0.3, -0.25) is 9.59 Å². The Kier molecular flexibility index (Phi) is 8.03. The van der Waals surface area contributed by atoms with E-state index >= 15 is 0 Å². The molecule has 0 bridgehead atoms. The molecule has 0 unspecified atom stereocenters. The van der Waals surface area contributed by atoms with Gasteiger partial charge in [-0.25, -0.2) is 4.79 Å². The van der Waals surface area contributed by atoms with Crippen LogP contribution in [-0.2, 0) is 14.3 Å². The molecule has 154 valence electrons. The summed E-state index contributed by atoms with van der Waals surface area (Å²) in [5.74, 6) is -1.28. The van der Waals surface area contributed by atoms with Crippen molar-refractivity contribution < 1.29 is 23.9 Å². The van der Waals surface area contributed by atoms with E-state index in [4.69, 9.17) is 21.1 Å². The molecule has 0 saturated heterocycles. The molecule has 0 aliphatic heterocycles. The number of rotatable bonds is 8. The van der Waals surface area contributed by atoms with Crippen LogP contribution in [0.1, 0.15) is 24.2 Å². The van der Waals surface area contributed by atoms with Crippen LogP contribution in [-0.4, -0.2) is 37.5 Å². The van der Waals surface area contributed by atoms with Gasteiger partial charge in [-0.2, -0.15) is 0 Å². The van der Waals surface area contributed by atoms with Gasteiger partial charge in [-0.15, -0.1) is 0 Å². The Morgan fingerprint density at radius 3 is 2.28 bits per heavy atom. The van der Waals surface area contributed by atoms with Gasteiger partial charge >= 0.3 is 5.97 Å². The summed E-state index contributed by atoms with van der Waals surface area (Å²) < 4.78 is 10.1. The van der Waals surface area contributed by atoms with E-state index < -0.39 is 30.4 Å². The van der Waals surface area contributed by atoms with E-state index in [9.17, 15) is 14.4 Å². The van der Waals surface area contributed by atoms with Gasteiger partial charge in [0, 0.05) is 5.56 Å². The van der Waals surface area contributed by atoms with Crippen LogP contribution in [0.4, 0.5) is 5.69 Å². The van der Waals surface area contributed by atoms with Crippen molar-refractivity contribution in [2.45, 2.75) is 19.9 Å². The first-order valence-corrected chi connectivity index (χ1v) is 9.35. The van der Waals surface area contributed by atoms with Crippen molar-refractivity contribution >= 4 is 35.1 Å². The number of para-hydroxylation sites is 1. The zero-order valence-corrected chi connectivity index (χ0v) is 17.2. The van der Waals surface area contributed by atoms with E-state index in [2.05, 4.69) is 10.6 Å². The average molecular weight is 419 g/mol. The maximum absolute atomic E-state index is 12.4. The highest BCUT2D eigenvalue weighted by Crippen LogP contribution is 2.20. The van der Waals surface area contributed by atoms with Crippen LogP contribution >= 0.6 is 11.6 Å². The average Bonchev–Trinajstić information content (AvgIpc) is 2.71. The maximum Gasteiger partial charge on any atom is 0.329 e. The van der Waals surface area contributed by atoms with E-state index in [1.807, 2.05) is 0 Å². The fraction of sp³-hybridized carbons (Fsp3) is 0.286. The van der Waals surface area contributed by atoms with E-state index in [0.29, 0.717) is 22.0 Å².